The zero-order valence-corrected chi connectivity index (χ0v) is 13.7. The zero-order valence-electron chi connectivity index (χ0n) is 11.5. The third kappa shape index (κ3) is 6.24. The molecule has 1 amide bonds. The first-order valence-electron chi connectivity index (χ1n) is 6.43. The lowest BCUT2D eigenvalue weighted by Crippen LogP contribution is -2.41. The fraction of sp³-hybridized carbons (Fsp3) is 0.615. The second-order valence-electron chi connectivity index (χ2n) is 4.78. The van der Waals surface area contributed by atoms with E-state index in [0.717, 1.165) is 6.29 Å². The third-order valence-electron chi connectivity index (χ3n) is 2.93. The van der Waals surface area contributed by atoms with Gasteiger partial charge in [0.1, 0.15) is 12.9 Å². The summed E-state index contributed by atoms with van der Waals surface area (Å²) in [5.41, 5.74) is 0.522. The van der Waals surface area contributed by atoms with E-state index in [-0.39, 0.29) is 24.9 Å². The predicted octanol–water partition coefficient (Wildman–Crippen LogP) is 3.27. The molecule has 0 saturated carbocycles. The van der Waals surface area contributed by atoms with Crippen LogP contribution in [0.4, 0.5) is 4.79 Å². The number of rotatable bonds is 5. The van der Waals surface area contributed by atoms with Crippen molar-refractivity contribution in [3.8, 4) is 0 Å². The minimum absolute atomic E-state index is 0.0541. The quantitative estimate of drug-likeness (QED) is 0.431. The minimum atomic E-state index is -1.69. The van der Waals surface area contributed by atoms with Crippen molar-refractivity contribution < 1.29 is 19.1 Å². The van der Waals surface area contributed by atoms with Crippen molar-refractivity contribution in [2.45, 2.75) is 30.0 Å². The van der Waals surface area contributed by atoms with Gasteiger partial charge in [-0.2, -0.15) is 0 Å². The molecule has 8 heteroatoms. The van der Waals surface area contributed by atoms with Gasteiger partial charge in [-0.15, -0.1) is 0 Å². The summed E-state index contributed by atoms with van der Waals surface area (Å²) in [5, 5.41) is 0. The third-order valence-corrected chi connectivity index (χ3v) is 3.26. The van der Waals surface area contributed by atoms with E-state index in [2.05, 4.69) is 0 Å². The average Bonchev–Trinajstić information content (AvgIpc) is 2.39. The Hall–Kier alpha value is -0.780. The molecule has 0 radical (unpaired) electrons. The van der Waals surface area contributed by atoms with Gasteiger partial charge in [0.05, 0.1) is 0 Å². The fourth-order valence-corrected chi connectivity index (χ4v) is 2.02. The second kappa shape index (κ2) is 8.01. The number of carbonyl (C=O) groups excluding carboxylic acids is 3. The van der Waals surface area contributed by atoms with Crippen molar-refractivity contribution in [2.24, 2.45) is 5.92 Å². The fourth-order valence-electron chi connectivity index (χ4n) is 1.85. The molecule has 0 bridgehead atoms. The molecule has 1 rings (SSSR count). The van der Waals surface area contributed by atoms with Crippen LogP contribution >= 0.6 is 34.8 Å². The lowest BCUT2D eigenvalue weighted by molar-refractivity contribution is -0.118. The molecule has 0 fully saturated rings. The van der Waals surface area contributed by atoms with Crippen molar-refractivity contribution in [1.82, 2.24) is 4.90 Å². The maximum Gasteiger partial charge on any atom is 0.414 e. The highest BCUT2D eigenvalue weighted by Gasteiger charge is 2.31. The summed E-state index contributed by atoms with van der Waals surface area (Å²) in [4.78, 5) is 35.5. The molecule has 1 atom stereocenters. The van der Waals surface area contributed by atoms with Crippen molar-refractivity contribution >= 4 is 53.0 Å². The lowest BCUT2D eigenvalue weighted by atomic mass is 9.98. The van der Waals surface area contributed by atoms with Gasteiger partial charge in [-0.1, -0.05) is 41.7 Å². The van der Waals surface area contributed by atoms with Crippen LogP contribution in [0.5, 0.6) is 0 Å². The molecule has 118 valence electrons. The summed E-state index contributed by atoms with van der Waals surface area (Å²) in [6.45, 7) is 1.55. The highest BCUT2D eigenvalue weighted by atomic mass is 35.6. The van der Waals surface area contributed by atoms with Crippen LogP contribution in [-0.4, -0.2) is 40.0 Å². The molecule has 0 unspecified atom stereocenters. The molecule has 0 N–H and O–H groups in total. The molecule has 5 nitrogen and oxygen atoms in total. The summed E-state index contributed by atoms with van der Waals surface area (Å²) in [6, 6.07) is 0. The normalized spacial score (nSPS) is 19.2. The summed E-state index contributed by atoms with van der Waals surface area (Å²) < 4.78 is 3.25. The molecule has 0 aromatic heterocycles. The number of halogens is 3. The van der Waals surface area contributed by atoms with Crippen LogP contribution in [0.1, 0.15) is 26.2 Å². The standard InChI is InChI=1S/C13H16Cl3NO4/c1-9-7-17(12(20)21-8-13(14,15)16)10(6-11(9)19)4-2-3-5-18/h5-6,9H,2-4,7-8H2,1H3/t9-/m0/s1. The van der Waals surface area contributed by atoms with Gasteiger partial charge in [0.2, 0.25) is 3.79 Å². The highest BCUT2D eigenvalue weighted by molar-refractivity contribution is 6.67. The van der Waals surface area contributed by atoms with E-state index in [0.29, 0.717) is 25.0 Å². The van der Waals surface area contributed by atoms with Crippen LogP contribution < -0.4 is 0 Å². The van der Waals surface area contributed by atoms with Crippen molar-refractivity contribution in [2.75, 3.05) is 13.2 Å². The van der Waals surface area contributed by atoms with E-state index in [4.69, 9.17) is 39.5 Å². The van der Waals surface area contributed by atoms with Gasteiger partial charge in [0.15, 0.2) is 5.78 Å². The molecule has 0 aliphatic carbocycles. The van der Waals surface area contributed by atoms with Gasteiger partial charge in [-0.05, 0) is 12.8 Å². The maximum atomic E-state index is 12.0. The maximum absolute atomic E-state index is 12.0. The number of carbonyl (C=O) groups is 3. The molecule has 0 spiro atoms. The van der Waals surface area contributed by atoms with Gasteiger partial charge in [-0.25, -0.2) is 4.79 Å². The first-order chi connectivity index (χ1) is 9.74. The number of ketones is 1. The SMILES string of the molecule is C[C@H]1CN(C(=O)OCC(Cl)(Cl)Cl)C(CCCC=O)=CC1=O. The van der Waals surface area contributed by atoms with Crippen LogP contribution in [0.2, 0.25) is 0 Å². The second-order valence-corrected chi connectivity index (χ2v) is 7.29. The number of hydrogen-bond donors (Lipinski definition) is 0. The summed E-state index contributed by atoms with van der Waals surface area (Å²) in [5.74, 6) is -0.373. The van der Waals surface area contributed by atoms with E-state index in [1.807, 2.05) is 0 Å². The summed E-state index contributed by atoms with van der Waals surface area (Å²) >= 11 is 16.6. The van der Waals surface area contributed by atoms with Crippen molar-refractivity contribution in [1.29, 1.82) is 0 Å². The number of unbranched alkanes of at least 4 members (excludes halogenated alkanes) is 1. The first kappa shape index (κ1) is 18.3. The van der Waals surface area contributed by atoms with E-state index in [1.165, 1.54) is 11.0 Å². The van der Waals surface area contributed by atoms with Crippen molar-refractivity contribution in [3.63, 3.8) is 0 Å². The first-order valence-corrected chi connectivity index (χ1v) is 7.57. The van der Waals surface area contributed by atoms with Crippen molar-refractivity contribution in [3.05, 3.63) is 11.8 Å². The van der Waals surface area contributed by atoms with Crippen LogP contribution in [-0.2, 0) is 14.3 Å². The number of amides is 1. The summed E-state index contributed by atoms with van der Waals surface area (Å²) in [6.07, 6.45) is 2.87. The number of aldehydes is 1. The number of alkyl halides is 3. The molecule has 1 heterocycles. The van der Waals surface area contributed by atoms with Crippen LogP contribution in [0, 0.1) is 5.92 Å². The number of ether oxygens (including phenoxy) is 1. The Morgan fingerprint density at radius 1 is 1.52 bits per heavy atom. The van der Waals surface area contributed by atoms with Gasteiger partial charge in [-0.3, -0.25) is 9.69 Å². The van der Waals surface area contributed by atoms with Crippen LogP contribution in [0.15, 0.2) is 11.8 Å². The molecule has 1 aliphatic heterocycles. The molecule has 1 aliphatic rings. The van der Waals surface area contributed by atoms with E-state index < -0.39 is 9.89 Å². The Balaban J connectivity index is 2.75. The predicted molar refractivity (Wildman–Crippen MR) is 80.5 cm³/mol. The smallest absolute Gasteiger partial charge is 0.414 e. The monoisotopic (exact) mass is 355 g/mol. The summed E-state index contributed by atoms with van der Waals surface area (Å²) in [7, 11) is 0. The molecule has 0 saturated heterocycles. The zero-order chi connectivity index (χ0) is 16.0. The van der Waals surface area contributed by atoms with Gasteiger partial charge in [0.25, 0.3) is 0 Å². The van der Waals surface area contributed by atoms with Crippen LogP contribution in [0.3, 0.4) is 0 Å². The number of hydrogen-bond acceptors (Lipinski definition) is 4. The van der Waals surface area contributed by atoms with Gasteiger partial charge >= 0.3 is 6.09 Å². The largest absolute Gasteiger partial charge is 0.445 e. The molecular weight excluding hydrogens is 341 g/mol. The van der Waals surface area contributed by atoms with Gasteiger partial charge in [0, 0.05) is 30.7 Å². The van der Waals surface area contributed by atoms with Gasteiger partial charge < -0.3 is 9.53 Å². The minimum Gasteiger partial charge on any atom is -0.445 e. The Morgan fingerprint density at radius 2 is 2.19 bits per heavy atom. The topological polar surface area (TPSA) is 63.7 Å². The molecule has 0 aromatic carbocycles. The Kier molecular flexibility index (Phi) is 6.97. The Morgan fingerprint density at radius 3 is 2.76 bits per heavy atom. The average molecular weight is 357 g/mol. The van der Waals surface area contributed by atoms with E-state index in [9.17, 15) is 14.4 Å². The lowest BCUT2D eigenvalue weighted by Gasteiger charge is -2.31. The van der Waals surface area contributed by atoms with E-state index >= 15 is 0 Å². The number of allylic oxidation sites excluding steroid dienone is 2. The highest BCUT2D eigenvalue weighted by Crippen LogP contribution is 2.27. The van der Waals surface area contributed by atoms with Crippen LogP contribution in [0.25, 0.3) is 0 Å². The molecule has 21 heavy (non-hydrogen) atoms. The Labute approximate surface area is 138 Å². The Bertz CT molecular complexity index is 445. The number of nitrogens with zero attached hydrogens (tertiary/aromatic N) is 1. The van der Waals surface area contributed by atoms with E-state index in [1.54, 1.807) is 6.92 Å². The molecule has 0 aromatic rings. The molecular formula is C13H16Cl3NO4.